The standard InChI is InChI=1S/C20H19N3O5/c1-13(14-6-4-3-5-7-14)21-17(24)12-22-18(25)19(26)23(20(22)27)15-8-10-16(28-2)11-9-15/h3-11,13H,12H2,1-2H3,(H,21,24)/t13-/m1/s1. The van der Waals surface area contributed by atoms with Crippen molar-refractivity contribution in [2.75, 3.05) is 18.6 Å². The predicted molar refractivity (Wildman–Crippen MR) is 101 cm³/mol. The Bertz CT molecular complexity index is 911. The number of imide groups is 2. The average molecular weight is 381 g/mol. The van der Waals surface area contributed by atoms with Crippen molar-refractivity contribution in [2.45, 2.75) is 13.0 Å². The third-order valence-electron chi connectivity index (χ3n) is 4.36. The molecule has 1 aliphatic heterocycles. The van der Waals surface area contributed by atoms with Crippen LogP contribution in [0.25, 0.3) is 0 Å². The lowest BCUT2D eigenvalue weighted by Crippen LogP contribution is -2.42. The summed E-state index contributed by atoms with van der Waals surface area (Å²) in [7, 11) is 1.49. The lowest BCUT2D eigenvalue weighted by atomic mass is 10.1. The molecule has 0 unspecified atom stereocenters. The number of amides is 5. The van der Waals surface area contributed by atoms with Gasteiger partial charge in [-0.3, -0.25) is 14.4 Å². The Morgan fingerprint density at radius 1 is 1.00 bits per heavy atom. The second kappa shape index (κ2) is 7.91. The van der Waals surface area contributed by atoms with E-state index in [4.69, 9.17) is 4.74 Å². The minimum Gasteiger partial charge on any atom is -0.497 e. The molecule has 2 aromatic rings. The van der Waals surface area contributed by atoms with Crippen LogP contribution in [0, 0.1) is 0 Å². The van der Waals surface area contributed by atoms with E-state index >= 15 is 0 Å². The van der Waals surface area contributed by atoms with Gasteiger partial charge in [0.05, 0.1) is 18.8 Å². The van der Waals surface area contributed by atoms with Crippen molar-refractivity contribution in [3.05, 3.63) is 60.2 Å². The summed E-state index contributed by atoms with van der Waals surface area (Å²) >= 11 is 0. The van der Waals surface area contributed by atoms with Gasteiger partial charge < -0.3 is 10.1 Å². The van der Waals surface area contributed by atoms with Gasteiger partial charge in [-0.1, -0.05) is 30.3 Å². The first kappa shape index (κ1) is 19.1. The number of nitrogens with one attached hydrogen (secondary N) is 1. The zero-order valence-corrected chi connectivity index (χ0v) is 15.4. The number of methoxy groups -OCH3 is 1. The fourth-order valence-electron chi connectivity index (χ4n) is 2.86. The quantitative estimate of drug-likeness (QED) is 0.609. The van der Waals surface area contributed by atoms with Gasteiger partial charge in [-0.2, -0.15) is 0 Å². The molecule has 2 aromatic carbocycles. The molecule has 5 amide bonds. The number of carbonyl (C=O) groups excluding carboxylic acids is 4. The molecule has 144 valence electrons. The summed E-state index contributed by atoms with van der Waals surface area (Å²) in [6.45, 7) is 1.25. The van der Waals surface area contributed by atoms with Crippen LogP contribution in [0.2, 0.25) is 0 Å². The number of hydrogen-bond donors (Lipinski definition) is 1. The van der Waals surface area contributed by atoms with E-state index < -0.39 is 30.3 Å². The van der Waals surface area contributed by atoms with Crippen molar-refractivity contribution in [2.24, 2.45) is 0 Å². The SMILES string of the molecule is COc1ccc(N2C(=O)C(=O)N(CC(=O)N[C@H](C)c3ccccc3)C2=O)cc1. The first-order chi connectivity index (χ1) is 13.4. The maximum absolute atomic E-state index is 12.6. The molecule has 0 aliphatic carbocycles. The van der Waals surface area contributed by atoms with Crippen molar-refractivity contribution in [1.29, 1.82) is 0 Å². The highest BCUT2D eigenvalue weighted by atomic mass is 16.5. The van der Waals surface area contributed by atoms with Gasteiger partial charge in [0.15, 0.2) is 0 Å². The number of ether oxygens (including phenoxy) is 1. The van der Waals surface area contributed by atoms with E-state index in [2.05, 4.69) is 5.32 Å². The zero-order valence-electron chi connectivity index (χ0n) is 15.4. The Kier molecular flexibility index (Phi) is 5.39. The number of nitrogens with zero attached hydrogens (tertiary/aromatic N) is 2. The van der Waals surface area contributed by atoms with Crippen LogP contribution in [-0.2, 0) is 14.4 Å². The molecule has 8 heteroatoms. The van der Waals surface area contributed by atoms with Crippen molar-refractivity contribution >= 4 is 29.4 Å². The van der Waals surface area contributed by atoms with E-state index in [0.29, 0.717) is 10.6 Å². The number of carbonyl (C=O) groups is 4. The van der Waals surface area contributed by atoms with Crippen molar-refractivity contribution in [1.82, 2.24) is 10.2 Å². The topological polar surface area (TPSA) is 96.0 Å². The molecule has 1 atom stereocenters. The highest BCUT2D eigenvalue weighted by molar-refractivity contribution is 6.53. The van der Waals surface area contributed by atoms with E-state index in [-0.39, 0.29) is 11.7 Å². The largest absolute Gasteiger partial charge is 0.497 e. The predicted octanol–water partition coefficient (Wildman–Crippen LogP) is 1.87. The lowest BCUT2D eigenvalue weighted by molar-refractivity contribution is -0.140. The smallest absolute Gasteiger partial charge is 0.339 e. The summed E-state index contributed by atoms with van der Waals surface area (Å²) in [6.07, 6.45) is 0. The van der Waals surface area contributed by atoms with Crippen molar-refractivity contribution in [3.63, 3.8) is 0 Å². The number of hydrogen-bond acceptors (Lipinski definition) is 5. The third-order valence-corrected chi connectivity index (χ3v) is 4.36. The van der Waals surface area contributed by atoms with Gasteiger partial charge in [0.1, 0.15) is 12.3 Å². The number of rotatable bonds is 6. The normalized spacial score (nSPS) is 15.0. The van der Waals surface area contributed by atoms with Gasteiger partial charge in [-0.25, -0.2) is 14.6 Å². The molecule has 0 aromatic heterocycles. The molecule has 1 N–H and O–H groups in total. The average Bonchev–Trinajstić information content (AvgIpc) is 2.92. The van der Waals surface area contributed by atoms with Crippen LogP contribution in [0.15, 0.2) is 54.6 Å². The Labute approximate surface area is 161 Å². The number of urea groups is 1. The van der Waals surface area contributed by atoms with Crippen LogP contribution in [0.1, 0.15) is 18.5 Å². The second-order valence-electron chi connectivity index (χ2n) is 6.21. The molecule has 1 heterocycles. The van der Waals surface area contributed by atoms with Crippen LogP contribution in [-0.4, -0.2) is 42.3 Å². The zero-order chi connectivity index (χ0) is 20.3. The summed E-state index contributed by atoms with van der Waals surface area (Å²) in [5.74, 6) is -2.04. The molecule has 0 saturated carbocycles. The molecule has 3 rings (SSSR count). The number of anilines is 1. The molecular weight excluding hydrogens is 362 g/mol. The molecule has 28 heavy (non-hydrogen) atoms. The van der Waals surface area contributed by atoms with Crippen LogP contribution < -0.4 is 15.0 Å². The molecule has 1 fully saturated rings. The molecule has 1 saturated heterocycles. The first-order valence-electron chi connectivity index (χ1n) is 8.60. The van der Waals surface area contributed by atoms with Gasteiger partial charge in [0, 0.05) is 0 Å². The van der Waals surface area contributed by atoms with Crippen molar-refractivity contribution in [3.8, 4) is 5.75 Å². The van der Waals surface area contributed by atoms with Crippen LogP contribution in [0.5, 0.6) is 5.75 Å². The highest BCUT2D eigenvalue weighted by Crippen LogP contribution is 2.24. The highest BCUT2D eigenvalue weighted by Gasteiger charge is 2.46. The molecule has 0 spiro atoms. The van der Waals surface area contributed by atoms with Crippen LogP contribution >= 0.6 is 0 Å². The lowest BCUT2D eigenvalue weighted by Gasteiger charge is -2.18. The minimum atomic E-state index is -1.04. The number of benzene rings is 2. The van der Waals surface area contributed by atoms with E-state index in [1.54, 1.807) is 19.1 Å². The minimum absolute atomic E-state index is 0.227. The van der Waals surface area contributed by atoms with Crippen molar-refractivity contribution < 1.29 is 23.9 Å². The Hall–Kier alpha value is -3.68. The summed E-state index contributed by atoms with van der Waals surface area (Å²) < 4.78 is 5.04. The maximum Gasteiger partial charge on any atom is 0.339 e. The summed E-state index contributed by atoms with van der Waals surface area (Å²) in [5.41, 5.74) is 1.11. The molecule has 1 aliphatic rings. The summed E-state index contributed by atoms with van der Waals surface area (Å²) in [6, 6.07) is 14.2. The van der Waals surface area contributed by atoms with Gasteiger partial charge in [-0.15, -0.1) is 0 Å². The molecule has 8 nitrogen and oxygen atoms in total. The van der Waals surface area contributed by atoms with E-state index in [0.717, 1.165) is 10.5 Å². The fourth-order valence-corrected chi connectivity index (χ4v) is 2.86. The van der Waals surface area contributed by atoms with Gasteiger partial charge in [-0.05, 0) is 36.8 Å². The molecular formula is C20H19N3O5. The molecule has 0 bridgehead atoms. The van der Waals surface area contributed by atoms with E-state index in [9.17, 15) is 19.2 Å². The van der Waals surface area contributed by atoms with Crippen LogP contribution in [0.3, 0.4) is 0 Å². The third kappa shape index (κ3) is 3.71. The summed E-state index contributed by atoms with van der Waals surface area (Å²) in [4.78, 5) is 50.7. The van der Waals surface area contributed by atoms with E-state index in [1.807, 2.05) is 30.3 Å². The first-order valence-corrected chi connectivity index (χ1v) is 8.60. The monoisotopic (exact) mass is 381 g/mol. The Balaban J connectivity index is 1.70. The second-order valence-corrected chi connectivity index (χ2v) is 6.21. The maximum atomic E-state index is 12.6. The van der Waals surface area contributed by atoms with Gasteiger partial charge in [0.2, 0.25) is 5.91 Å². The van der Waals surface area contributed by atoms with E-state index in [1.165, 1.54) is 19.2 Å². The Morgan fingerprint density at radius 2 is 1.64 bits per heavy atom. The van der Waals surface area contributed by atoms with Crippen LogP contribution in [0.4, 0.5) is 10.5 Å². The fraction of sp³-hybridized carbons (Fsp3) is 0.200. The molecule has 0 radical (unpaired) electrons. The summed E-state index contributed by atoms with van der Waals surface area (Å²) in [5, 5.41) is 2.72. The van der Waals surface area contributed by atoms with Gasteiger partial charge >= 0.3 is 17.8 Å². The van der Waals surface area contributed by atoms with Gasteiger partial charge in [0.25, 0.3) is 0 Å². The Morgan fingerprint density at radius 3 is 2.25 bits per heavy atom.